The fraction of sp³-hybridized carbons (Fsp3) is 0.538. The summed E-state index contributed by atoms with van der Waals surface area (Å²) >= 11 is 0. The number of nitrogens with zero attached hydrogens (tertiary/aromatic N) is 4. The van der Waals surface area contributed by atoms with Gasteiger partial charge < -0.3 is 19.7 Å². The van der Waals surface area contributed by atoms with Gasteiger partial charge in [0.2, 0.25) is 0 Å². The van der Waals surface area contributed by atoms with E-state index < -0.39 is 35.6 Å². The Kier molecular flexibility index (Phi) is 4.30. The maximum atomic E-state index is 11.4. The van der Waals surface area contributed by atoms with Gasteiger partial charge in [-0.3, -0.25) is 25.4 Å². The Bertz CT molecular complexity index is 811. The van der Waals surface area contributed by atoms with Crippen LogP contribution in [0.15, 0.2) is 12.5 Å². The molecule has 0 spiro atoms. The Hall–Kier alpha value is -2.38. The van der Waals surface area contributed by atoms with E-state index in [4.69, 9.17) is 9.47 Å². The topological polar surface area (TPSA) is 165 Å². The van der Waals surface area contributed by atoms with Crippen molar-refractivity contribution in [2.45, 2.75) is 31.0 Å². The van der Waals surface area contributed by atoms with Gasteiger partial charge in [0.05, 0.1) is 17.7 Å². The van der Waals surface area contributed by atoms with Crippen LogP contribution >= 0.6 is 0 Å². The summed E-state index contributed by atoms with van der Waals surface area (Å²) in [5.74, 6) is -0.146. The number of hydrogen-bond donors (Lipinski definition) is 4. The highest BCUT2D eigenvalue weighted by molar-refractivity contribution is 5.95. The number of hydrogen-bond acceptors (Lipinski definition) is 10. The fourth-order valence-electron chi connectivity index (χ4n) is 3.06. The zero-order chi connectivity index (χ0) is 18.4. The van der Waals surface area contributed by atoms with Crippen LogP contribution < -0.4 is 5.48 Å². The Morgan fingerprint density at radius 3 is 2.84 bits per heavy atom. The predicted octanol–water partition coefficient (Wildman–Crippen LogP) is -0.204. The van der Waals surface area contributed by atoms with Crippen LogP contribution in [0.1, 0.15) is 13.2 Å². The zero-order valence-electron chi connectivity index (χ0n) is 13.4. The molecule has 0 aromatic carbocycles. The number of fused-ring (bicyclic) bond motifs is 1. The molecule has 3 heterocycles. The second-order valence-corrected chi connectivity index (χ2v) is 5.75. The number of methoxy groups -OCH3 is 1. The lowest BCUT2D eigenvalue weighted by atomic mass is 9.96. The van der Waals surface area contributed by atoms with Crippen LogP contribution in [0.3, 0.4) is 0 Å². The molecule has 0 saturated carbocycles. The van der Waals surface area contributed by atoms with Crippen LogP contribution in [0.5, 0.6) is 0 Å². The van der Waals surface area contributed by atoms with E-state index in [1.165, 1.54) is 11.7 Å². The van der Waals surface area contributed by atoms with Crippen LogP contribution in [0.2, 0.25) is 0 Å². The molecule has 3 rings (SSSR count). The van der Waals surface area contributed by atoms with Crippen molar-refractivity contribution in [1.29, 1.82) is 0 Å². The molecule has 1 aliphatic rings. The Morgan fingerprint density at radius 1 is 1.56 bits per heavy atom. The molecule has 25 heavy (non-hydrogen) atoms. The van der Waals surface area contributed by atoms with E-state index in [1.54, 1.807) is 12.4 Å². The van der Waals surface area contributed by atoms with Gasteiger partial charge in [-0.05, 0) is 6.92 Å². The van der Waals surface area contributed by atoms with E-state index in [-0.39, 0.29) is 22.5 Å². The maximum Gasteiger partial charge on any atom is 0.300 e. The monoisotopic (exact) mass is 355 g/mol. The molecule has 12 nitrogen and oxygen atoms in total. The van der Waals surface area contributed by atoms with E-state index in [2.05, 4.69) is 9.97 Å². The van der Waals surface area contributed by atoms with E-state index in [1.807, 2.05) is 0 Å². The van der Waals surface area contributed by atoms with Gasteiger partial charge in [0.1, 0.15) is 29.5 Å². The molecule has 1 saturated heterocycles. The summed E-state index contributed by atoms with van der Waals surface area (Å²) in [7, 11) is 1.36. The van der Waals surface area contributed by atoms with Crippen molar-refractivity contribution in [2.24, 2.45) is 0 Å². The van der Waals surface area contributed by atoms with Gasteiger partial charge in [0.25, 0.3) is 5.69 Å². The Morgan fingerprint density at radius 2 is 2.28 bits per heavy atom. The number of anilines is 1. The molecule has 0 bridgehead atoms. The number of aliphatic hydroxyl groups is 2. The summed E-state index contributed by atoms with van der Waals surface area (Å²) < 4.78 is 12.4. The lowest BCUT2D eigenvalue weighted by molar-refractivity contribution is -0.383. The summed E-state index contributed by atoms with van der Waals surface area (Å²) in [5, 5.41) is 40.3. The third-order valence-corrected chi connectivity index (χ3v) is 4.50. The molecule has 4 N–H and O–H groups in total. The number of aliphatic hydroxyl groups excluding tert-OH is 2. The number of ether oxygens (including phenoxy) is 2. The van der Waals surface area contributed by atoms with Crippen molar-refractivity contribution >= 4 is 22.5 Å². The van der Waals surface area contributed by atoms with Crippen molar-refractivity contribution in [2.75, 3.05) is 19.2 Å². The average Bonchev–Trinajstić information content (AvgIpc) is 3.12. The average molecular weight is 355 g/mol. The van der Waals surface area contributed by atoms with Crippen molar-refractivity contribution < 1.29 is 29.8 Å². The number of aromatic nitrogens is 3. The minimum atomic E-state index is -1.30. The first-order chi connectivity index (χ1) is 11.9. The molecule has 3 unspecified atom stereocenters. The quantitative estimate of drug-likeness (QED) is 0.416. The summed E-state index contributed by atoms with van der Waals surface area (Å²) in [6.07, 6.45) is -0.860. The standard InChI is InChI=1S/C13H17N5O7/c1-13(24-2)9(20)7(4-19)25-12(13)17-3-6(18(22)23)8-10(16-21)14-5-15-11(8)17/h3,5,7,9,12,19-21H,4H2,1-2H3,(H,14,15,16)/t7?,9?,12-,13?/m1/s1. The molecule has 2 aromatic heterocycles. The van der Waals surface area contributed by atoms with Gasteiger partial charge in [-0.25, -0.2) is 9.97 Å². The molecule has 0 radical (unpaired) electrons. The third-order valence-electron chi connectivity index (χ3n) is 4.50. The van der Waals surface area contributed by atoms with Gasteiger partial charge >= 0.3 is 0 Å². The normalized spacial score (nSPS) is 29.2. The lowest BCUT2D eigenvalue weighted by Gasteiger charge is -2.31. The van der Waals surface area contributed by atoms with Crippen LogP contribution in [0.4, 0.5) is 11.5 Å². The van der Waals surface area contributed by atoms with Crippen LogP contribution in [0.25, 0.3) is 11.0 Å². The molecule has 4 atom stereocenters. The highest BCUT2D eigenvalue weighted by Crippen LogP contribution is 2.44. The second-order valence-electron chi connectivity index (χ2n) is 5.75. The first-order valence-corrected chi connectivity index (χ1v) is 7.28. The minimum Gasteiger partial charge on any atom is -0.394 e. The molecule has 0 amide bonds. The first-order valence-electron chi connectivity index (χ1n) is 7.28. The zero-order valence-corrected chi connectivity index (χ0v) is 13.4. The Balaban J connectivity index is 2.24. The number of nitro groups is 1. The SMILES string of the molecule is COC1(C)C(O)C(CO)O[C@H]1n1cc([N+](=O)[O-])c2c(NO)ncnc21. The molecular weight excluding hydrogens is 338 g/mol. The molecular formula is C13H17N5O7. The molecule has 1 fully saturated rings. The lowest BCUT2D eigenvalue weighted by Crippen LogP contribution is -2.46. The van der Waals surface area contributed by atoms with Crippen molar-refractivity contribution in [3.8, 4) is 0 Å². The molecule has 0 aliphatic carbocycles. The van der Waals surface area contributed by atoms with Gasteiger partial charge in [-0.15, -0.1) is 0 Å². The van der Waals surface area contributed by atoms with Gasteiger partial charge in [0, 0.05) is 7.11 Å². The van der Waals surface area contributed by atoms with E-state index >= 15 is 0 Å². The summed E-state index contributed by atoms with van der Waals surface area (Å²) in [4.78, 5) is 18.5. The summed E-state index contributed by atoms with van der Waals surface area (Å²) in [6, 6.07) is 0. The van der Waals surface area contributed by atoms with E-state index in [0.29, 0.717) is 0 Å². The van der Waals surface area contributed by atoms with Gasteiger partial charge in [-0.2, -0.15) is 0 Å². The molecule has 136 valence electrons. The number of nitrogens with one attached hydrogen (secondary N) is 1. The maximum absolute atomic E-state index is 11.4. The van der Waals surface area contributed by atoms with E-state index in [0.717, 1.165) is 12.5 Å². The smallest absolute Gasteiger partial charge is 0.300 e. The molecule has 2 aromatic rings. The number of rotatable bonds is 5. The van der Waals surface area contributed by atoms with Crippen LogP contribution in [-0.2, 0) is 9.47 Å². The van der Waals surface area contributed by atoms with Crippen LogP contribution in [0, 0.1) is 10.1 Å². The predicted molar refractivity (Wildman–Crippen MR) is 82.0 cm³/mol. The first kappa shape index (κ1) is 17.4. The van der Waals surface area contributed by atoms with Crippen molar-refractivity contribution in [3.05, 3.63) is 22.6 Å². The fourth-order valence-corrected chi connectivity index (χ4v) is 3.06. The Labute approximate surface area is 140 Å². The highest BCUT2D eigenvalue weighted by Gasteiger charge is 2.55. The highest BCUT2D eigenvalue weighted by atomic mass is 16.6. The van der Waals surface area contributed by atoms with Gasteiger partial charge in [0.15, 0.2) is 17.7 Å². The largest absolute Gasteiger partial charge is 0.394 e. The van der Waals surface area contributed by atoms with Crippen LogP contribution in [-0.4, -0.2) is 66.4 Å². The second kappa shape index (κ2) is 6.16. The van der Waals surface area contributed by atoms with Crippen molar-refractivity contribution in [1.82, 2.24) is 14.5 Å². The van der Waals surface area contributed by atoms with Crippen molar-refractivity contribution in [3.63, 3.8) is 0 Å². The molecule has 1 aliphatic heterocycles. The molecule has 12 heteroatoms. The van der Waals surface area contributed by atoms with E-state index in [9.17, 15) is 25.5 Å². The minimum absolute atomic E-state index is 0.0287. The summed E-state index contributed by atoms with van der Waals surface area (Å²) in [6.45, 7) is 1.10. The van der Waals surface area contributed by atoms with Gasteiger partial charge in [-0.1, -0.05) is 0 Å². The third kappa shape index (κ3) is 2.42. The summed E-state index contributed by atoms with van der Waals surface area (Å²) in [5.41, 5.74) is 0.232.